The summed E-state index contributed by atoms with van der Waals surface area (Å²) in [6, 6.07) is 14.7. The van der Waals surface area contributed by atoms with E-state index in [4.69, 9.17) is 9.84 Å². The lowest BCUT2D eigenvalue weighted by atomic mass is 10.1. The molecule has 0 bridgehead atoms. The Labute approximate surface area is 138 Å². The predicted molar refractivity (Wildman–Crippen MR) is 88.6 cm³/mol. The summed E-state index contributed by atoms with van der Waals surface area (Å²) in [5.41, 5.74) is 0.467. The second-order valence-electron chi connectivity index (χ2n) is 4.72. The summed E-state index contributed by atoms with van der Waals surface area (Å²) in [5.74, 6) is -1.35. The van der Waals surface area contributed by atoms with Gasteiger partial charge in [0.15, 0.2) is 0 Å². The van der Waals surface area contributed by atoms with Gasteiger partial charge in [-0.25, -0.2) is 4.79 Å². The van der Waals surface area contributed by atoms with Crippen molar-refractivity contribution in [3.63, 3.8) is 0 Å². The van der Waals surface area contributed by atoms with E-state index in [9.17, 15) is 14.9 Å². The van der Waals surface area contributed by atoms with Crippen molar-refractivity contribution >= 4 is 23.6 Å². The van der Waals surface area contributed by atoms with Crippen molar-refractivity contribution in [2.45, 2.75) is 0 Å². The van der Waals surface area contributed by atoms with Crippen LogP contribution in [0.4, 0.5) is 5.69 Å². The van der Waals surface area contributed by atoms with Gasteiger partial charge in [-0.3, -0.25) is 4.79 Å². The van der Waals surface area contributed by atoms with E-state index in [-0.39, 0.29) is 16.8 Å². The Morgan fingerprint density at radius 2 is 1.83 bits per heavy atom. The van der Waals surface area contributed by atoms with E-state index in [1.165, 1.54) is 25.3 Å². The van der Waals surface area contributed by atoms with Gasteiger partial charge in [-0.15, -0.1) is 0 Å². The standard InChI is InChI=1S/C18H14N2O4/c1-24-16-9-5-2-6-12(16)10-13(11-19)17(21)20-15-8-4-3-7-14(15)18(22)23/h2-10H,1H3,(H,20,21)(H,22,23)/b13-10+. The quantitative estimate of drug-likeness (QED) is 0.651. The van der Waals surface area contributed by atoms with Crippen molar-refractivity contribution < 1.29 is 19.4 Å². The highest BCUT2D eigenvalue weighted by atomic mass is 16.5. The third-order valence-electron chi connectivity index (χ3n) is 3.21. The van der Waals surface area contributed by atoms with Crippen molar-refractivity contribution in [2.24, 2.45) is 0 Å². The molecular weight excluding hydrogens is 308 g/mol. The van der Waals surface area contributed by atoms with Gasteiger partial charge in [-0.05, 0) is 24.3 Å². The number of hydrogen-bond acceptors (Lipinski definition) is 4. The summed E-state index contributed by atoms with van der Waals surface area (Å²) >= 11 is 0. The summed E-state index contributed by atoms with van der Waals surface area (Å²) in [5, 5.41) is 20.8. The number of methoxy groups -OCH3 is 1. The van der Waals surface area contributed by atoms with Crippen molar-refractivity contribution in [2.75, 3.05) is 12.4 Å². The number of ether oxygens (including phenoxy) is 1. The lowest BCUT2D eigenvalue weighted by Gasteiger charge is -2.08. The van der Waals surface area contributed by atoms with Gasteiger partial charge in [0.25, 0.3) is 5.91 Å². The van der Waals surface area contributed by atoms with Crippen LogP contribution in [0.5, 0.6) is 5.75 Å². The van der Waals surface area contributed by atoms with Crippen molar-refractivity contribution in [1.82, 2.24) is 0 Å². The molecule has 0 saturated carbocycles. The molecule has 0 atom stereocenters. The maximum Gasteiger partial charge on any atom is 0.337 e. The topological polar surface area (TPSA) is 99.4 Å². The Balaban J connectivity index is 2.32. The molecule has 1 amide bonds. The highest BCUT2D eigenvalue weighted by Crippen LogP contribution is 2.21. The van der Waals surface area contributed by atoms with Gasteiger partial charge in [0.2, 0.25) is 0 Å². The summed E-state index contributed by atoms with van der Waals surface area (Å²) in [7, 11) is 1.49. The van der Waals surface area contributed by atoms with Crippen molar-refractivity contribution in [3.05, 3.63) is 65.2 Å². The monoisotopic (exact) mass is 322 g/mol. The maximum absolute atomic E-state index is 12.3. The lowest BCUT2D eigenvalue weighted by molar-refractivity contribution is -0.112. The Hall–Kier alpha value is -3.59. The number of amides is 1. The van der Waals surface area contributed by atoms with Gasteiger partial charge in [0, 0.05) is 5.56 Å². The summed E-state index contributed by atoms with van der Waals surface area (Å²) in [6.07, 6.45) is 1.39. The Kier molecular flexibility index (Phi) is 5.32. The van der Waals surface area contributed by atoms with E-state index in [2.05, 4.69) is 5.32 Å². The van der Waals surface area contributed by atoms with Crippen molar-refractivity contribution in [1.29, 1.82) is 5.26 Å². The SMILES string of the molecule is COc1ccccc1/C=C(\C#N)C(=O)Nc1ccccc1C(=O)O. The lowest BCUT2D eigenvalue weighted by Crippen LogP contribution is -2.16. The molecule has 0 heterocycles. The van der Waals surface area contributed by atoms with E-state index in [0.29, 0.717) is 11.3 Å². The molecule has 0 aliphatic rings. The van der Waals surface area contributed by atoms with Gasteiger partial charge in [-0.1, -0.05) is 30.3 Å². The maximum atomic E-state index is 12.3. The average Bonchev–Trinajstić information content (AvgIpc) is 2.60. The molecule has 24 heavy (non-hydrogen) atoms. The molecule has 0 unspecified atom stereocenters. The number of rotatable bonds is 5. The number of nitrogens with zero attached hydrogens (tertiary/aromatic N) is 1. The smallest absolute Gasteiger partial charge is 0.337 e. The van der Waals surface area contributed by atoms with Gasteiger partial charge in [0.05, 0.1) is 18.4 Å². The molecule has 2 rings (SSSR count). The van der Waals surface area contributed by atoms with Crippen LogP contribution >= 0.6 is 0 Å². The number of carbonyl (C=O) groups excluding carboxylic acids is 1. The molecule has 6 nitrogen and oxygen atoms in total. The third kappa shape index (κ3) is 3.78. The second kappa shape index (κ2) is 7.61. The highest BCUT2D eigenvalue weighted by molar-refractivity contribution is 6.11. The Morgan fingerprint density at radius 3 is 2.50 bits per heavy atom. The van der Waals surface area contributed by atoms with Crippen LogP contribution in [0.25, 0.3) is 6.08 Å². The van der Waals surface area contributed by atoms with E-state index < -0.39 is 11.9 Å². The number of carboxylic acid groups (broad SMARTS) is 1. The minimum Gasteiger partial charge on any atom is -0.496 e. The van der Waals surface area contributed by atoms with Crippen LogP contribution < -0.4 is 10.1 Å². The van der Waals surface area contributed by atoms with E-state index in [0.717, 1.165) is 0 Å². The molecule has 0 aliphatic heterocycles. The van der Waals surface area contributed by atoms with Crippen LogP contribution in [-0.4, -0.2) is 24.1 Å². The van der Waals surface area contributed by atoms with E-state index in [1.807, 2.05) is 6.07 Å². The summed E-state index contributed by atoms with van der Waals surface area (Å²) in [6.45, 7) is 0. The number of carboxylic acids is 1. The van der Waals surface area contributed by atoms with Crippen molar-refractivity contribution in [3.8, 4) is 11.8 Å². The molecule has 6 heteroatoms. The molecule has 2 aromatic rings. The van der Waals surface area contributed by atoms with Crippen LogP contribution in [0.2, 0.25) is 0 Å². The largest absolute Gasteiger partial charge is 0.496 e. The number of aromatic carboxylic acids is 1. The van der Waals surface area contributed by atoms with Crippen LogP contribution in [0.3, 0.4) is 0 Å². The van der Waals surface area contributed by atoms with Crippen LogP contribution in [0, 0.1) is 11.3 Å². The zero-order valence-electron chi connectivity index (χ0n) is 12.8. The summed E-state index contributed by atoms with van der Waals surface area (Å²) < 4.78 is 5.18. The Bertz CT molecular complexity index is 850. The fraction of sp³-hybridized carbons (Fsp3) is 0.0556. The molecule has 0 aliphatic carbocycles. The first kappa shape index (κ1) is 16.8. The zero-order chi connectivity index (χ0) is 17.5. The zero-order valence-corrected chi connectivity index (χ0v) is 12.8. The normalized spacial score (nSPS) is 10.6. The fourth-order valence-corrected chi connectivity index (χ4v) is 2.06. The number of benzene rings is 2. The number of carbonyl (C=O) groups is 2. The van der Waals surface area contributed by atoms with Gasteiger partial charge in [0.1, 0.15) is 17.4 Å². The number of nitriles is 1. The highest BCUT2D eigenvalue weighted by Gasteiger charge is 2.15. The number of nitrogens with one attached hydrogen (secondary N) is 1. The number of hydrogen-bond donors (Lipinski definition) is 2. The molecule has 120 valence electrons. The minimum atomic E-state index is -1.17. The van der Waals surface area contributed by atoms with Crippen LogP contribution in [0.1, 0.15) is 15.9 Å². The first-order chi connectivity index (χ1) is 11.6. The molecule has 2 aromatic carbocycles. The first-order valence-corrected chi connectivity index (χ1v) is 6.95. The molecule has 0 radical (unpaired) electrons. The minimum absolute atomic E-state index is 0.0552. The molecule has 2 N–H and O–H groups in total. The molecule has 0 spiro atoms. The average molecular weight is 322 g/mol. The fourth-order valence-electron chi connectivity index (χ4n) is 2.06. The van der Waals surface area contributed by atoms with Gasteiger partial charge >= 0.3 is 5.97 Å². The number of para-hydroxylation sites is 2. The summed E-state index contributed by atoms with van der Waals surface area (Å²) in [4.78, 5) is 23.5. The molecule has 0 saturated heterocycles. The van der Waals surface area contributed by atoms with Gasteiger partial charge in [-0.2, -0.15) is 5.26 Å². The molecule has 0 fully saturated rings. The molecular formula is C18H14N2O4. The van der Waals surface area contributed by atoms with E-state index >= 15 is 0 Å². The van der Waals surface area contributed by atoms with E-state index in [1.54, 1.807) is 36.4 Å². The van der Waals surface area contributed by atoms with Gasteiger partial charge < -0.3 is 15.2 Å². The first-order valence-electron chi connectivity index (χ1n) is 6.95. The van der Waals surface area contributed by atoms with Crippen LogP contribution in [-0.2, 0) is 4.79 Å². The third-order valence-corrected chi connectivity index (χ3v) is 3.21. The molecule has 0 aromatic heterocycles. The number of anilines is 1. The second-order valence-corrected chi connectivity index (χ2v) is 4.72. The van der Waals surface area contributed by atoms with Crippen LogP contribution in [0.15, 0.2) is 54.1 Å². The Morgan fingerprint density at radius 1 is 1.17 bits per heavy atom. The predicted octanol–water partition coefficient (Wildman–Crippen LogP) is 2.94.